The molecule has 0 atom stereocenters. The zero-order chi connectivity index (χ0) is 25.4. The molecule has 1 amide bonds. The van der Waals surface area contributed by atoms with E-state index in [4.69, 9.17) is 9.47 Å². The summed E-state index contributed by atoms with van der Waals surface area (Å²) in [5.41, 5.74) is 1.65. The van der Waals surface area contributed by atoms with Gasteiger partial charge >= 0.3 is 5.97 Å². The minimum Gasteiger partial charge on any atom is -0.486 e. The Balaban J connectivity index is 1.60. The molecule has 1 N–H and O–H groups in total. The summed E-state index contributed by atoms with van der Waals surface area (Å²) in [5.74, 6) is 1.41. The molecule has 2 aromatic heterocycles. The quantitative estimate of drug-likeness (QED) is 0.250. The van der Waals surface area contributed by atoms with E-state index in [0.29, 0.717) is 34.0 Å². The van der Waals surface area contributed by atoms with Crippen LogP contribution in [0.3, 0.4) is 0 Å². The number of carbonyl (C=O) groups excluding carboxylic acids is 2. The molecule has 0 spiro atoms. The summed E-state index contributed by atoms with van der Waals surface area (Å²) in [6, 6.07) is 9.83. The van der Waals surface area contributed by atoms with Gasteiger partial charge in [-0.25, -0.2) is 4.79 Å². The predicted octanol–water partition coefficient (Wildman–Crippen LogP) is 5.53. The van der Waals surface area contributed by atoms with Gasteiger partial charge in [0.05, 0.1) is 17.9 Å². The Morgan fingerprint density at radius 1 is 1.14 bits per heavy atom. The highest BCUT2D eigenvalue weighted by molar-refractivity contribution is 7.99. The molecule has 0 saturated heterocycles. The summed E-state index contributed by atoms with van der Waals surface area (Å²) >= 11 is 2.68. The van der Waals surface area contributed by atoms with Gasteiger partial charge in [-0.1, -0.05) is 44.7 Å². The van der Waals surface area contributed by atoms with Gasteiger partial charge in [0.25, 0.3) is 0 Å². The van der Waals surface area contributed by atoms with E-state index < -0.39 is 5.97 Å². The second-order valence-corrected chi connectivity index (χ2v) is 10.1. The molecule has 0 bridgehead atoms. The normalized spacial score (nSPS) is 11.0. The number of aryl methyl sites for hydroxylation is 1. The number of nitrogens with zero attached hydrogens (tertiary/aromatic N) is 3. The second kappa shape index (κ2) is 12.7. The van der Waals surface area contributed by atoms with Gasteiger partial charge in [-0.2, -0.15) is 0 Å². The monoisotopic (exact) mass is 516 g/mol. The maximum atomic E-state index is 12.6. The number of nitrogens with one attached hydrogen (secondary N) is 1. The van der Waals surface area contributed by atoms with Crippen LogP contribution in [-0.4, -0.2) is 39.0 Å². The van der Waals surface area contributed by atoms with Crippen molar-refractivity contribution >= 4 is 40.0 Å². The molecule has 0 aliphatic rings. The molecular weight excluding hydrogens is 484 g/mol. The first kappa shape index (κ1) is 26.7. The van der Waals surface area contributed by atoms with E-state index in [1.807, 2.05) is 30.5 Å². The van der Waals surface area contributed by atoms with Crippen LogP contribution in [0.1, 0.15) is 67.2 Å². The van der Waals surface area contributed by atoms with Crippen LogP contribution in [0.4, 0.5) is 5.00 Å². The van der Waals surface area contributed by atoms with Crippen molar-refractivity contribution < 1.29 is 19.1 Å². The number of hydrogen-bond acceptors (Lipinski definition) is 8. The highest BCUT2D eigenvalue weighted by atomic mass is 32.2. The lowest BCUT2D eigenvalue weighted by Crippen LogP contribution is -2.16. The van der Waals surface area contributed by atoms with E-state index in [1.165, 1.54) is 28.7 Å². The average molecular weight is 517 g/mol. The topological polar surface area (TPSA) is 95.3 Å². The Morgan fingerprint density at radius 3 is 2.51 bits per heavy atom. The van der Waals surface area contributed by atoms with Gasteiger partial charge in [0.2, 0.25) is 5.91 Å². The number of benzene rings is 1. The van der Waals surface area contributed by atoms with Crippen LogP contribution in [0.5, 0.6) is 5.75 Å². The van der Waals surface area contributed by atoms with Gasteiger partial charge < -0.3 is 19.4 Å². The van der Waals surface area contributed by atoms with Crippen molar-refractivity contribution in [2.75, 3.05) is 17.7 Å². The van der Waals surface area contributed by atoms with Crippen molar-refractivity contribution in [1.29, 1.82) is 0 Å². The second-order valence-electron chi connectivity index (χ2n) is 8.02. The third-order valence-corrected chi connectivity index (χ3v) is 7.40. The zero-order valence-electron chi connectivity index (χ0n) is 20.8. The van der Waals surface area contributed by atoms with Crippen LogP contribution in [-0.2, 0) is 29.1 Å². The largest absolute Gasteiger partial charge is 0.486 e. The van der Waals surface area contributed by atoms with E-state index >= 15 is 0 Å². The molecule has 0 unspecified atom stereocenters. The van der Waals surface area contributed by atoms with Gasteiger partial charge in [-0.05, 0) is 49.9 Å². The van der Waals surface area contributed by atoms with E-state index in [-0.39, 0.29) is 24.9 Å². The molecule has 0 aliphatic heterocycles. The summed E-state index contributed by atoms with van der Waals surface area (Å²) in [6.07, 6.45) is 0.772. The number of thioether (sulfide) groups is 1. The van der Waals surface area contributed by atoms with Crippen LogP contribution in [0.2, 0.25) is 0 Å². The first-order valence-electron chi connectivity index (χ1n) is 11.7. The minimum atomic E-state index is -0.430. The maximum Gasteiger partial charge on any atom is 0.341 e. The summed E-state index contributed by atoms with van der Waals surface area (Å²) in [6.45, 7) is 11.3. The van der Waals surface area contributed by atoms with Crippen molar-refractivity contribution in [2.45, 2.75) is 65.3 Å². The van der Waals surface area contributed by atoms with Crippen LogP contribution < -0.4 is 10.1 Å². The molecule has 2 heterocycles. The van der Waals surface area contributed by atoms with E-state index in [9.17, 15) is 9.59 Å². The number of thiophene rings is 1. The summed E-state index contributed by atoms with van der Waals surface area (Å²) in [5, 5.41) is 12.5. The van der Waals surface area contributed by atoms with Crippen molar-refractivity contribution in [3.05, 3.63) is 52.2 Å². The summed E-state index contributed by atoms with van der Waals surface area (Å²) < 4.78 is 13.0. The lowest BCUT2D eigenvalue weighted by Gasteiger charge is -2.10. The van der Waals surface area contributed by atoms with Gasteiger partial charge in [-0.15, -0.1) is 21.5 Å². The summed E-state index contributed by atoms with van der Waals surface area (Å²) in [4.78, 5) is 25.9. The van der Waals surface area contributed by atoms with Crippen LogP contribution in [0.15, 0.2) is 35.5 Å². The lowest BCUT2D eigenvalue weighted by atomic mass is 10.0. The molecular formula is C25H32N4O4S2. The van der Waals surface area contributed by atoms with E-state index in [0.717, 1.165) is 17.0 Å². The standard InChI is InChI=1S/C25H32N4O4S2/c1-6-19-13-20(24(31)32-8-3)23(35-19)26-22(30)15-34-25-28-27-21(29(25)7-2)14-33-18-11-9-17(10-12-18)16(4)5/h9-13,16H,6-8,14-15H2,1-5H3,(H,26,30). The minimum absolute atomic E-state index is 0.136. The number of amides is 1. The third-order valence-electron chi connectivity index (χ3n) is 5.24. The molecule has 0 saturated carbocycles. The first-order valence-corrected chi connectivity index (χ1v) is 13.5. The van der Waals surface area contributed by atoms with Crippen molar-refractivity contribution in [1.82, 2.24) is 14.8 Å². The zero-order valence-corrected chi connectivity index (χ0v) is 22.4. The average Bonchev–Trinajstić information content (AvgIpc) is 3.45. The molecule has 0 aliphatic carbocycles. The molecule has 188 valence electrons. The fourth-order valence-electron chi connectivity index (χ4n) is 3.31. The molecule has 0 fully saturated rings. The SMILES string of the molecule is CCOC(=O)c1cc(CC)sc1NC(=O)CSc1nnc(COc2ccc(C(C)C)cc2)n1CC. The number of ether oxygens (including phenoxy) is 2. The first-order chi connectivity index (χ1) is 16.9. The fraction of sp³-hybridized carbons (Fsp3) is 0.440. The smallest absolute Gasteiger partial charge is 0.341 e. The summed E-state index contributed by atoms with van der Waals surface area (Å²) in [7, 11) is 0. The lowest BCUT2D eigenvalue weighted by molar-refractivity contribution is -0.113. The number of esters is 1. The van der Waals surface area contributed by atoms with Gasteiger partial charge in [0.1, 0.15) is 17.4 Å². The number of rotatable bonds is 12. The van der Waals surface area contributed by atoms with E-state index in [1.54, 1.807) is 13.0 Å². The third kappa shape index (κ3) is 7.08. The van der Waals surface area contributed by atoms with E-state index in [2.05, 4.69) is 41.5 Å². The Labute approximate surface area is 214 Å². The van der Waals surface area contributed by atoms with Crippen LogP contribution in [0, 0.1) is 0 Å². The fourth-order valence-corrected chi connectivity index (χ4v) is 5.13. The number of anilines is 1. The molecule has 35 heavy (non-hydrogen) atoms. The van der Waals surface area contributed by atoms with Crippen molar-refractivity contribution in [2.24, 2.45) is 0 Å². The molecule has 8 nitrogen and oxygen atoms in total. The Morgan fingerprint density at radius 2 is 1.89 bits per heavy atom. The molecule has 3 aromatic rings. The molecule has 3 rings (SSSR count). The van der Waals surface area contributed by atoms with Gasteiger partial charge in [0, 0.05) is 11.4 Å². The molecule has 0 radical (unpaired) electrons. The Hall–Kier alpha value is -2.85. The van der Waals surface area contributed by atoms with Crippen LogP contribution >= 0.6 is 23.1 Å². The number of aromatic nitrogens is 3. The predicted molar refractivity (Wildman–Crippen MR) is 140 cm³/mol. The Bertz CT molecular complexity index is 1140. The molecule has 10 heteroatoms. The maximum absolute atomic E-state index is 12.6. The van der Waals surface area contributed by atoms with Crippen molar-refractivity contribution in [3.8, 4) is 5.75 Å². The van der Waals surface area contributed by atoms with Crippen molar-refractivity contribution in [3.63, 3.8) is 0 Å². The molecule has 1 aromatic carbocycles. The van der Waals surface area contributed by atoms with Gasteiger partial charge in [0.15, 0.2) is 11.0 Å². The highest BCUT2D eigenvalue weighted by Crippen LogP contribution is 2.30. The number of hydrogen-bond donors (Lipinski definition) is 1. The highest BCUT2D eigenvalue weighted by Gasteiger charge is 2.20. The Kier molecular flexibility index (Phi) is 9.73. The number of carbonyl (C=O) groups is 2. The van der Waals surface area contributed by atoms with Gasteiger partial charge in [-0.3, -0.25) is 4.79 Å². The van der Waals surface area contributed by atoms with Crippen LogP contribution in [0.25, 0.3) is 0 Å².